The number of amides is 1. The van der Waals surface area contributed by atoms with E-state index >= 15 is 0 Å². The van der Waals surface area contributed by atoms with Crippen LogP contribution >= 0.6 is 34.7 Å². The van der Waals surface area contributed by atoms with Gasteiger partial charge < -0.3 is 10.6 Å². The van der Waals surface area contributed by atoms with Crippen LogP contribution in [0, 0.1) is 18.3 Å². The predicted octanol–water partition coefficient (Wildman–Crippen LogP) is 5.07. The third-order valence-electron chi connectivity index (χ3n) is 4.79. The lowest BCUT2D eigenvalue weighted by molar-refractivity contribution is -0.120. The molecule has 0 atom stereocenters. The van der Waals surface area contributed by atoms with Gasteiger partial charge in [0.1, 0.15) is 5.54 Å². The van der Waals surface area contributed by atoms with E-state index in [1.54, 1.807) is 0 Å². The first kappa shape index (κ1) is 20.9. The van der Waals surface area contributed by atoms with Crippen molar-refractivity contribution in [1.29, 1.82) is 5.26 Å². The second-order valence-electron chi connectivity index (χ2n) is 6.86. The number of nitriles is 1. The van der Waals surface area contributed by atoms with Crippen LogP contribution in [-0.4, -0.2) is 27.4 Å². The second-order valence-corrected chi connectivity index (χ2v) is 9.46. The van der Waals surface area contributed by atoms with Crippen molar-refractivity contribution in [2.24, 2.45) is 0 Å². The molecule has 1 aliphatic rings. The minimum absolute atomic E-state index is 0.135. The number of nitrogens with one attached hydrogen (secondary N) is 2. The van der Waals surface area contributed by atoms with E-state index < -0.39 is 5.54 Å². The smallest absolute Gasteiger partial charge is 0.231 e. The normalized spacial score (nSPS) is 16.0. The SMILES string of the molecule is Cc1c(Cl)cccc1Nc1nnc(SCC(=O)NC2(C#N)CCCCCC2)s1. The van der Waals surface area contributed by atoms with Crippen LogP contribution in [0.15, 0.2) is 22.5 Å². The number of hydrogen-bond acceptors (Lipinski definition) is 7. The Morgan fingerprint density at radius 1 is 1.32 bits per heavy atom. The molecule has 1 saturated carbocycles. The third-order valence-corrected chi connectivity index (χ3v) is 7.17. The molecule has 1 aromatic carbocycles. The van der Waals surface area contributed by atoms with Crippen LogP contribution in [-0.2, 0) is 4.79 Å². The van der Waals surface area contributed by atoms with Gasteiger partial charge in [-0.15, -0.1) is 10.2 Å². The number of aromatic nitrogens is 2. The summed E-state index contributed by atoms with van der Waals surface area (Å²) in [5.41, 5.74) is 1.10. The second kappa shape index (κ2) is 9.59. The molecule has 0 radical (unpaired) electrons. The average Bonchev–Trinajstić information content (AvgIpc) is 3.00. The summed E-state index contributed by atoms with van der Waals surface area (Å²) in [5, 5.41) is 25.3. The number of carbonyl (C=O) groups is 1. The van der Waals surface area contributed by atoms with E-state index in [-0.39, 0.29) is 11.7 Å². The zero-order valence-corrected chi connectivity index (χ0v) is 18.0. The van der Waals surface area contributed by atoms with Gasteiger partial charge >= 0.3 is 0 Å². The fraction of sp³-hybridized carbons (Fsp3) is 0.474. The molecule has 9 heteroatoms. The van der Waals surface area contributed by atoms with Crippen molar-refractivity contribution in [3.05, 3.63) is 28.8 Å². The van der Waals surface area contributed by atoms with Gasteiger partial charge in [-0.1, -0.05) is 66.4 Å². The quantitative estimate of drug-likeness (QED) is 0.486. The standard InChI is InChI=1S/C19H22ClN5OS2/c1-13-14(20)7-6-8-15(13)22-17-24-25-18(28-17)27-11-16(26)23-19(12-21)9-4-2-3-5-10-19/h6-8H,2-5,9-11H2,1H3,(H,22,24)(H,23,26). The summed E-state index contributed by atoms with van der Waals surface area (Å²) in [5.74, 6) is 0.0812. The maximum atomic E-state index is 12.4. The van der Waals surface area contributed by atoms with Gasteiger partial charge in [0.2, 0.25) is 11.0 Å². The van der Waals surface area contributed by atoms with E-state index in [0.29, 0.717) is 14.5 Å². The van der Waals surface area contributed by atoms with Crippen molar-refractivity contribution in [2.75, 3.05) is 11.1 Å². The number of anilines is 2. The summed E-state index contributed by atoms with van der Waals surface area (Å²) in [6.07, 6.45) is 5.67. The van der Waals surface area contributed by atoms with Crippen molar-refractivity contribution in [1.82, 2.24) is 15.5 Å². The molecule has 0 unspecified atom stereocenters. The lowest BCUT2D eigenvalue weighted by Gasteiger charge is -2.26. The Labute approximate surface area is 178 Å². The first-order chi connectivity index (χ1) is 13.5. The summed E-state index contributed by atoms with van der Waals surface area (Å²) in [6.45, 7) is 1.93. The molecular weight excluding hydrogens is 414 g/mol. The Morgan fingerprint density at radius 2 is 2.07 bits per heavy atom. The molecule has 0 aliphatic heterocycles. The molecular formula is C19H22ClN5OS2. The van der Waals surface area contributed by atoms with Crippen LogP contribution < -0.4 is 10.6 Å². The Hall–Kier alpha value is -1.82. The Balaban J connectivity index is 1.54. The Kier molecular flexibility index (Phi) is 7.16. The van der Waals surface area contributed by atoms with E-state index in [1.807, 2.05) is 25.1 Å². The van der Waals surface area contributed by atoms with E-state index in [4.69, 9.17) is 11.6 Å². The molecule has 1 amide bonds. The van der Waals surface area contributed by atoms with Crippen LogP contribution in [0.1, 0.15) is 44.1 Å². The third kappa shape index (κ3) is 5.37. The van der Waals surface area contributed by atoms with Crippen molar-refractivity contribution in [2.45, 2.75) is 55.3 Å². The maximum Gasteiger partial charge on any atom is 0.231 e. The predicted molar refractivity (Wildman–Crippen MR) is 114 cm³/mol. The van der Waals surface area contributed by atoms with Gasteiger partial charge in [0.25, 0.3) is 0 Å². The minimum atomic E-state index is -0.716. The number of nitrogens with zero attached hydrogens (tertiary/aromatic N) is 3. The molecule has 2 aromatic rings. The van der Waals surface area contributed by atoms with Crippen LogP contribution in [0.3, 0.4) is 0 Å². The van der Waals surface area contributed by atoms with E-state index in [0.717, 1.165) is 49.8 Å². The summed E-state index contributed by atoms with van der Waals surface area (Å²) < 4.78 is 0.698. The van der Waals surface area contributed by atoms with Gasteiger partial charge in [0.05, 0.1) is 11.8 Å². The molecule has 1 aliphatic carbocycles. The summed E-state index contributed by atoms with van der Waals surface area (Å²) in [6, 6.07) is 7.98. The van der Waals surface area contributed by atoms with Gasteiger partial charge in [-0.25, -0.2) is 0 Å². The number of carbonyl (C=O) groups excluding carboxylic acids is 1. The highest BCUT2D eigenvalue weighted by atomic mass is 35.5. The summed E-state index contributed by atoms with van der Waals surface area (Å²) in [7, 11) is 0. The van der Waals surface area contributed by atoms with Crippen LogP contribution in [0.2, 0.25) is 5.02 Å². The molecule has 3 rings (SSSR count). The first-order valence-electron chi connectivity index (χ1n) is 9.22. The molecule has 6 nitrogen and oxygen atoms in total. The number of benzene rings is 1. The topological polar surface area (TPSA) is 90.7 Å². The monoisotopic (exact) mass is 435 g/mol. The average molecular weight is 436 g/mol. The first-order valence-corrected chi connectivity index (χ1v) is 11.4. The Morgan fingerprint density at radius 3 is 2.79 bits per heavy atom. The van der Waals surface area contributed by atoms with Gasteiger partial charge in [-0.2, -0.15) is 5.26 Å². The molecule has 1 fully saturated rings. The van der Waals surface area contributed by atoms with Gasteiger partial charge in [-0.3, -0.25) is 4.79 Å². The van der Waals surface area contributed by atoms with Gasteiger partial charge in [0, 0.05) is 10.7 Å². The summed E-state index contributed by atoms with van der Waals surface area (Å²) >= 11 is 8.85. The lowest BCUT2D eigenvalue weighted by Crippen LogP contribution is -2.47. The van der Waals surface area contributed by atoms with Crippen LogP contribution in [0.25, 0.3) is 0 Å². The lowest BCUT2D eigenvalue weighted by atomic mass is 9.92. The summed E-state index contributed by atoms with van der Waals surface area (Å²) in [4.78, 5) is 12.4. The van der Waals surface area contributed by atoms with E-state index in [1.165, 1.54) is 23.1 Å². The van der Waals surface area contributed by atoms with Gasteiger partial charge in [0.15, 0.2) is 4.34 Å². The fourth-order valence-corrected chi connectivity index (χ4v) is 4.94. The maximum absolute atomic E-state index is 12.4. The van der Waals surface area contributed by atoms with Crippen LogP contribution in [0.4, 0.5) is 10.8 Å². The zero-order chi connectivity index (χ0) is 20.0. The zero-order valence-electron chi connectivity index (χ0n) is 15.6. The van der Waals surface area contributed by atoms with Crippen molar-refractivity contribution in [3.8, 4) is 6.07 Å². The fourth-order valence-electron chi connectivity index (χ4n) is 3.20. The van der Waals surface area contributed by atoms with Crippen molar-refractivity contribution in [3.63, 3.8) is 0 Å². The van der Waals surface area contributed by atoms with Crippen molar-refractivity contribution >= 4 is 51.4 Å². The molecule has 148 valence electrons. The largest absolute Gasteiger partial charge is 0.337 e. The van der Waals surface area contributed by atoms with E-state index in [9.17, 15) is 10.1 Å². The molecule has 1 heterocycles. The van der Waals surface area contributed by atoms with Crippen LogP contribution in [0.5, 0.6) is 0 Å². The molecule has 28 heavy (non-hydrogen) atoms. The minimum Gasteiger partial charge on any atom is -0.337 e. The molecule has 0 saturated heterocycles. The highest BCUT2D eigenvalue weighted by Crippen LogP contribution is 2.31. The van der Waals surface area contributed by atoms with Crippen molar-refractivity contribution < 1.29 is 4.79 Å². The number of thioether (sulfide) groups is 1. The number of halogens is 1. The number of rotatable bonds is 6. The molecule has 1 aromatic heterocycles. The van der Waals surface area contributed by atoms with Gasteiger partial charge in [-0.05, 0) is 37.5 Å². The highest BCUT2D eigenvalue weighted by Gasteiger charge is 2.32. The number of hydrogen-bond donors (Lipinski definition) is 2. The Bertz CT molecular complexity index is 871. The molecule has 2 N–H and O–H groups in total. The highest BCUT2D eigenvalue weighted by molar-refractivity contribution is 8.01. The van der Waals surface area contributed by atoms with E-state index in [2.05, 4.69) is 26.9 Å². The molecule has 0 bridgehead atoms. The molecule has 0 spiro atoms.